The highest BCUT2D eigenvalue weighted by Gasteiger charge is 2.46. The highest BCUT2D eigenvalue weighted by molar-refractivity contribution is 7.25. The van der Waals surface area contributed by atoms with Crippen molar-refractivity contribution < 1.29 is 0 Å². The Morgan fingerprint density at radius 3 is 1.77 bits per heavy atom. The Labute approximate surface area is 352 Å². The van der Waals surface area contributed by atoms with Gasteiger partial charge in [0.1, 0.15) is 0 Å². The summed E-state index contributed by atoms with van der Waals surface area (Å²) in [5, 5.41) is 4.98. The fraction of sp³-hybridized carbons (Fsp3) is 0.0175. The van der Waals surface area contributed by atoms with Crippen molar-refractivity contribution in [2.45, 2.75) is 5.41 Å². The summed E-state index contributed by atoms with van der Waals surface area (Å²) < 4.78 is 2.62. The molecule has 0 N–H and O–H groups in total. The van der Waals surface area contributed by atoms with Crippen LogP contribution in [0.5, 0.6) is 0 Å². The van der Waals surface area contributed by atoms with Gasteiger partial charge in [-0.15, -0.1) is 11.3 Å². The Morgan fingerprint density at radius 2 is 0.950 bits per heavy atom. The van der Waals surface area contributed by atoms with Crippen molar-refractivity contribution in [2.24, 2.45) is 0 Å². The van der Waals surface area contributed by atoms with Crippen LogP contribution in [0.1, 0.15) is 22.3 Å². The van der Waals surface area contributed by atoms with Gasteiger partial charge in [-0.3, -0.25) is 0 Å². The molecule has 2 aromatic heterocycles. The van der Waals surface area contributed by atoms with Crippen molar-refractivity contribution in [1.29, 1.82) is 0 Å². The lowest BCUT2D eigenvalue weighted by molar-refractivity contribution is 0.768. The van der Waals surface area contributed by atoms with Gasteiger partial charge >= 0.3 is 0 Å². The van der Waals surface area contributed by atoms with Crippen LogP contribution in [0, 0.1) is 0 Å². The van der Waals surface area contributed by atoms with E-state index in [-0.39, 0.29) is 0 Å². The van der Waals surface area contributed by atoms with Gasteiger partial charge in [0.05, 0.1) is 16.8 Å². The normalized spacial score (nSPS) is 12.8. The van der Waals surface area contributed by atoms with Crippen LogP contribution in [0.25, 0.3) is 87.1 Å². The van der Waals surface area contributed by atoms with E-state index in [2.05, 4.69) is 218 Å². The standard InChI is InChI=1S/C57H36N2S/c1-3-16-43(17-4-1)57(44-18-5-2-6-19-44)49-23-11-9-21-47(49)55-48(22-13-24-50(55)57)52-36-51(58-56(59-52)42-31-28-37-14-7-8-15-40(37)34-42)39-29-26-38(27-30-39)41-32-33-46-45-20-10-12-25-53(45)60-54(46)35-41/h1-36H. The van der Waals surface area contributed by atoms with Gasteiger partial charge in [0, 0.05) is 36.9 Å². The molecule has 0 radical (unpaired) electrons. The number of aromatic nitrogens is 2. The molecule has 12 rings (SSSR count). The van der Waals surface area contributed by atoms with E-state index in [1.54, 1.807) is 0 Å². The van der Waals surface area contributed by atoms with Crippen LogP contribution in [-0.2, 0) is 5.41 Å². The molecule has 2 heterocycles. The van der Waals surface area contributed by atoms with Crippen LogP contribution in [0.4, 0.5) is 0 Å². The number of hydrogen-bond donors (Lipinski definition) is 0. The zero-order chi connectivity index (χ0) is 39.6. The first-order valence-corrected chi connectivity index (χ1v) is 21.3. The maximum absolute atomic E-state index is 5.45. The smallest absolute Gasteiger partial charge is 0.160 e. The van der Waals surface area contributed by atoms with Crippen LogP contribution in [0.3, 0.4) is 0 Å². The van der Waals surface area contributed by atoms with E-state index in [4.69, 9.17) is 9.97 Å². The first kappa shape index (κ1) is 34.6. The van der Waals surface area contributed by atoms with Crippen molar-refractivity contribution in [2.75, 3.05) is 0 Å². The van der Waals surface area contributed by atoms with E-state index in [0.717, 1.165) is 33.5 Å². The number of benzene rings is 9. The Balaban J connectivity index is 1.05. The SMILES string of the molecule is c1ccc(C2(c3ccccc3)c3ccccc3-c3c(-c4cc(-c5ccc(-c6ccc7c(c6)sc6ccccc67)cc5)nc(-c5ccc6ccccc6c5)n4)cccc32)cc1. The third-order valence-electron chi connectivity index (χ3n) is 12.4. The minimum Gasteiger partial charge on any atom is -0.228 e. The monoisotopic (exact) mass is 780 g/mol. The lowest BCUT2D eigenvalue weighted by atomic mass is 9.67. The molecule has 0 aliphatic heterocycles. The van der Waals surface area contributed by atoms with Gasteiger partial charge in [-0.05, 0) is 79.5 Å². The van der Waals surface area contributed by atoms with Gasteiger partial charge in [0.25, 0.3) is 0 Å². The third kappa shape index (κ3) is 5.40. The molecule has 2 nitrogen and oxygen atoms in total. The summed E-state index contributed by atoms with van der Waals surface area (Å²) in [4.78, 5) is 10.8. The second kappa shape index (κ2) is 13.8. The first-order chi connectivity index (χ1) is 29.7. The van der Waals surface area contributed by atoms with Crippen LogP contribution in [0.15, 0.2) is 218 Å². The summed E-state index contributed by atoms with van der Waals surface area (Å²) in [7, 11) is 0. The topological polar surface area (TPSA) is 25.8 Å². The maximum atomic E-state index is 5.45. The van der Waals surface area contributed by atoms with Gasteiger partial charge in [-0.25, -0.2) is 9.97 Å². The van der Waals surface area contributed by atoms with Gasteiger partial charge in [0.2, 0.25) is 0 Å². The Hall–Kier alpha value is -7.46. The fourth-order valence-electron chi connectivity index (χ4n) is 9.64. The molecule has 0 amide bonds. The second-order valence-corrected chi connectivity index (χ2v) is 16.8. The molecule has 280 valence electrons. The number of thiophene rings is 1. The van der Waals surface area contributed by atoms with Gasteiger partial charge < -0.3 is 0 Å². The van der Waals surface area contributed by atoms with Crippen molar-refractivity contribution in [3.05, 3.63) is 241 Å². The van der Waals surface area contributed by atoms with E-state index in [1.165, 1.54) is 70.1 Å². The molecule has 1 aliphatic carbocycles. The average Bonchev–Trinajstić information content (AvgIpc) is 3.85. The van der Waals surface area contributed by atoms with Crippen LogP contribution in [0.2, 0.25) is 0 Å². The predicted octanol–water partition coefficient (Wildman–Crippen LogP) is 15.0. The molecule has 0 atom stereocenters. The number of nitrogens with zero attached hydrogens (tertiary/aromatic N) is 2. The maximum Gasteiger partial charge on any atom is 0.160 e. The zero-order valence-corrected chi connectivity index (χ0v) is 33.4. The molecule has 11 aromatic rings. The molecule has 0 bridgehead atoms. The first-order valence-electron chi connectivity index (χ1n) is 20.5. The van der Waals surface area contributed by atoms with Gasteiger partial charge in [-0.2, -0.15) is 0 Å². The van der Waals surface area contributed by atoms with E-state index < -0.39 is 5.41 Å². The lowest BCUT2D eigenvalue weighted by Crippen LogP contribution is -2.28. The summed E-state index contributed by atoms with van der Waals surface area (Å²) in [6.07, 6.45) is 0. The average molecular weight is 781 g/mol. The number of rotatable bonds is 6. The highest BCUT2D eigenvalue weighted by Crippen LogP contribution is 2.58. The van der Waals surface area contributed by atoms with Gasteiger partial charge in [0.15, 0.2) is 5.82 Å². The third-order valence-corrected chi connectivity index (χ3v) is 13.5. The molecule has 0 fully saturated rings. The van der Waals surface area contributed by atoms with Gasteiger partial charge in [-0.1, -0.05) is 194 Å². The van der Waals surface area contributed by atoms with Crippen molar-refractivity contribution in [1.82, 2.24) is 9.97 Å². The van der Waals surface area contributed by atoms with E-state index in [1.807, 2.05) is 11.3 Å². The molecule has 0 saturated carbocycles. The molecule has 0 spiro atoms. The summed E-state index contributed by atoms with van der Waals surface area (Å²) in [6, 6.07) is 79.2. The fourth-order valence-corrected chi connectivity index (χ4v) is 10.8. The Kier molecular flexibility index (Phi) is 7.97. The summed E-state index contributed by atoms with van der Waals surface area (Å²) in [5.74, 6) is 0.703. The molecule has 3 heteroatoms. The highest BCUT2D eigenvalue weighted by atomic mass is 32.1. The lowest BCUT2D eigenvalue weighted by Gasteiger charge is -2.33. The predicted molar refractivity (Wildman–Crippen MR) is 251 cm³/mol. The number of fused-ring (bicyclic) bond motifs is 7. The summed E-state index contributed by atoms with van der Waals surface area (Å²) >= 11 is 1.85. The van der Waals surface area contributed by atoms with E-state index >= 15 is 0 Å². The Bertz CT molecular complexity index is 3380. The Morgan fingerprint density at radius 1 is 0.350 bits per heavy atom. The second-order valence-electron chi connectivity index (χ2n) is 15.7. The number of hydrogen-bond acceptors (Lipinski definition) is 3. The zero-order valence-electron chi connectivity index (χ0n) is 32.6. The molecule has 9 aromatic carbocycles. The molecule has 0 saturated heterocycles. The molecular formula is C57H36N2S. The van der Waals surface area contributed by atoms with Crippen LogP contribution in [-0.4, -0.2) is 9.97 Å². The quantitative estimate of drug-likeness (QED) is 0.168. The van der Waals surface area contributed by atoms with Crippen molar-refractivity contribution in [3.8, 4) is 56.2 Å². The van der Waals surface area contributed by atoms with E-state index in [9.17, 15) is 0 Å². The molecular weight excluding hydrogens is 745 g/mol. The molecule has 0 unspecified atom stereocenters. The minimum atomic E-state index is -0.504. The summed E-state index contributed by atoms with van der Waals surface area (Å²) in [5.41, 5.74) is 14.2. The van der Waals surface area contributed by atoms with Crippen LogP contribution < -0.4 is 0 Å². The van der Waals surface area contributed by atoms with Crippen molar-refractivity contribution in [3.63, 3.8) is 0 Å². The minimum absolute atomic E-state index is 0.504. The van der Waals surface area contributed by atoms with Crippen LogP contribution >= 0.6 is 11.3 Å². The largest absolute Gasteiger partial charge is 0.228 e. The molecule has 1 aliphatic rings. The summed E-state index contributed by atoms with van der Waals surface area (Å²) in [6.45, 7) is 0. The van der Waals surface area contributed by atoms with Crippen molar-refractivity contribution >= 4 is 42.3 Å². The molecule has 60 heavy (non-hydrogen) atoms. The van der Waals surface area contributed by atoms with E-state index in [0.29, 0.717) is 5.82 Å².